The van der Waals surface area contributed by atoms with Gasteiger partial charge in [0, 0.05) is 0 Å². The van der Waals surface area contributed by atoms with Crippen LogP contribution in [0.25, 0.3) is 0 Å². The Kier molecular flexibility index (Phi) is 6.74. The summed E-state index contributed by atoms with van der Waals surface area (Å²) >= 11 is -3.60. The molecule has 4 aromatic carbocycles. The summed E-state index contributed by atoms with van der Waals surface area (Å²) in [6.45, 7) is 4.49. The van der Waals surface area contributed by atoms with Gasteiger partial charge in [0.1, 0.15) is 0 Å². The first-order valence-corrected chi connectivity index (χ1v) is 19.3. The molecule has 0 unspecified atom stereocenters. The number of amides is 1. The third-order valence-electron chi connectivity index (χ3n) is 8.11. The Bertz CT molecular complexity index is 1260. The van der Waals surface area contributed by atoms with E-state index < -0.39 is 18.4 Å². The molecule has 0 spiro atoms. The van der Waals surface area contributed by atoms with Crippen LogP contribution in [0.2, 0.25) is 4.44 Å². The molecule has 0 aliphatic carbocycles. The van der Waals surface area contributed by atoms with E-state index in [0.717, 1.165) is 10.0 Å². The van der Waals surface area contributed by atoms with Gasteiger partial charge < -0.3 is 0 Å². The van der Waals surface area contributed by atoms with E-state index in [0.29, 0.717) is 6.54 Å². The van der Waals surface area contributed by atoms with Crippen molar-refractivity contribution in [2.24, 2.45) is 5.92 Å². The Labute approximate surface area is 223 Å². The molecule has 184 valence electrons. The van der Waals surface area contributed by atoms with Crippen molar-refractivity contribution >= 4 is 35.0 Å². The quantitative estimate of drug-likeness (QED) is 0.174. The average Bonchev–Trinajstić information content (AvgIpc) is 3.31. The molecule has 0 aromatic heterocycles. The third kappa shape index (κ3) is 4.14. The fraction of sp³-hybridized carbons (Fsp3) is 0.182. The average molecular weight is 592 g/mol. The second-order valence-corrected chi connectivity index (χ2v) is 21.3. The van der Waals surface area contributed by atoms with Gasteiger partial charge in [0.05, 0.1) is 0 Å². The van der Waals surface area contributed by atoms with E-state index >= 15 is 0 Å². The van der Waals surface area contributed by atoms with Crippen molar-refractivity contribution in [1.82, 2.24) is 4.90 Å². The van der Waals surface area contributed by atoms with Gasteiger partial charge in [0.2, 0.25) is 0 Å². The topological polar surface area (TPSA) is 29.5 Å². The van der Waals surface area contributed by atoms with Gasteiger partial charge >= 0.3 is 224 Å². The minimum atomic E-state index is -3.60. The molecule has 0 bridgehead atoms. The van der Waals surface area contributed by atoms with Crippen LogP contribution in [-0.2, 0) is 9.53 Å². The van der Waals surface area contributed by atoms with E-state index in [9.17, 15) is 4.79 Å². The number of fused-ring (bicyclic) bond motifs is 1. The van der Waals surface area contributed by atoms with Crippen LogP contribution in [-0.4, -0.2) is 47.9 Å². The van der Waals surface area contributed by atoms with Crippen LogP contribution in [0, 0.1) is 5.92 Å². The van der Waals surface area contributed by atoms with Gasteiger partial charge in [-0.05, 0) is 0 Å². The van der Waals surface area contributed by atoms with Crippen LogP contribution in [0.3, 0.4) is 0 Å². The predicted molar refractivity (Wildman–Crippen MR) is 152 cm³/mol. The molecular formula is C33H31NO2Sn. The molecular weight excluding hydrogens is 561 g/mol. The Hall–Kier alpha value is -3.15. The number of hydrogen-bond acceptors (Lipinski definition) is 2. The molecule has 0 N–H and O–H groups in total. The van der Waals surface area contributed by atoms with Crippen molar-refractivity contribution in [1.29, 1.82) is 0 Å². The van der Waals surface area contributed by atoms with Crippen LogP contribution in [0.15, 0.2) is 134 Å². The second-order valence-electron chi connectivity index (χ2n) is 10.0. The van der Waals surface area contributed by atoms with E-state index in [1.807, 2.05) is 17.0 Å². The van der Waals surface area contributed by atoms with E-state index in [1.54, 1.807) is 0 Å². The molecule has 1 amide bonds. The first kappa shape index (κ1) is 24.2. The van der Waals surface area contributed by atoms with Crippen LogP contribution < -0.4 is 10.7 Å². The number of likely N-dealkylation sites (tertiary alicyclic amines) is 1. The van der Waals surface area contributed by atoms with Crippen LogP contribution in [0.4, 0.5) is 0 Å². The molecule has 0 radical (unpaired) electrons. The predicted octanol–water partition coefficient (Wildman–Crippen LogP) is 4.31. The molecule has 2 aliphatic heterocycles. The van der Waals surface area contributed by atoms with Gasteiger partial charge in [0.25, 0.3) is 0 Å². The number of rotatable bonds is 8. The zero-order chi connectivity index (χ0) is 25.2. The number of nitrogens with zero attached hydrogens (tertiary/aromatic N) is 1. The van der Waals surface area contributed by atoms with E-state index in [1.165, 1.54) is 10.7 Å². The van der Waals surface area contributed by atoms with Crippen molar-refractivity contribution in [3.05, 3.63) is 140 Å². The molecule has 0 saturated carbocycles. The Morgan fingerprint density at radius 1 is 0.703 bits per heavy atom. The number of carbonyl (C=O) groups excluding carboxylic acids is 1. The van der Waals surface area contributed by atoms with E-state index in [2.05, 4.69) is 122 Å². The SMILES string of the molecule is C=CCN1C(=O)[C@H]2O[C@H](c3ccccc3)[C@H]([CH2][Sn]([c]3ccccc3)([c]3ccccc3)[c]3ccccc3)[C@H]21. The molecule has 4 heteroatoms. The summed E-state index contributed by atoms with van der Waals surface area (Å²) in [5.41, 5.74) is 1.16. The number of benzene rings is 4. The molecule has 37 heavy (non-hydrogen) atoms. The van der Waals surface area contributed by atoms with Crippen LogP contribution in [0.5, 0.6) is 0 Å². The van der Waals surface area contributed by atoms with Crippen molar-refractivity contribution in [3.8, 4) is 0 Å². The normalized spacial score (nSPS) is 22.8. The first-order chi connectivity index (χ1) is 18.2. The standard InChI is InChI=1S/C15H16NO2.3C6H5.Sn/c1-3-9-16-12-10(2)13(18-14(12)15(16)17)11-7-5-4-6-8-11;3*1-2-4-6-5-3-1;/h3-8,10,12-14H,1-2,9H2;3*1-5H;/t10-,12-,13+,14+;;;;/m1..../s1. The Morgan fingerprint density at radius 3 is 1.62 bits per heavy atom. The second kappa shape index (κ2) is 10.3. The number of ether oxygens (including phenoxy) is 1. The van der Waals surface area contributed by atoms with Gasteiger partial charge in [-0.25, -0.2) is 0 Å². The minimum absolute atomic E-state index is 0.0583. The maximum absolute atomic E-state index is 13.1. The summed E-state index contributed by atoms with van der Waals surface area (Å²) in [7, 11) is 0. The van der Waals surface area contributed by atoms with Gasteiger partial charge in [-0.15, -0.1) is 0 Å². The van der Waals surface area contributed by atoms with E-state index in [-0.39, 0.29) is 30.1 Å². The molecule has 4 atom stereocenters. The molecule has 2 heterocycles. The van der Waals surface area contributed by atoms with Gasteiger partial charge in [-0.3, -0.25) is 0 Å². The number of hydrogen-bond donors (Lipinski definition) is 0. The summed E-state index contributed by atoms with van der Waals surface area (Å²) < 4.78 is 12.0. The summed E-state index contributed by atoms with van der Waals surface area (Å²) in [5.74, 6) is 0.273. The summed E-state index contributed by atoms with van der Waals surface area (Å²) in [6.07, 6.45) is 1.34. The van der Waals surface area contributed by atoms with Gasteiger partial charge in [0.15, 0.2) is 0 Å². The summed E-state index contributed by atoms with van der Waals surface area (Å²) in [4.78, 5) is 15.1. The Balaban J connectivity index is 1.55. The first-order valence-electron chi connectivity index (χ1n) is 13.0. The monoisotopic (exact) mass is 593 g/mol. The Morgan fingerprint density at radius 2 is 1.16 bits per heavy atom. The zero-order valence-electron chi connectivity index (χ0n) is 20.8. The summed E-state index contributed by atoms with van der Waals surface area (Å²) in [5, 5.41) is 0. The van der Waals surface area contributed by atoms with Crippen molar-refractivity contribution in [3.63, 3.8) is 0 Å². The molecule has 2 aliphatic rings. The van der Waals surface area contributed by atoms with Gasteiger partial charge in [-0.2, -0.15) is 0 Å². The maximum atomic E-state index is 13.1. The van der Waals surface area contributed by atoms with Crippen LogP contribution in [0.1, 0.15) is 11.7 Å². The van der Waals surface area contributed by atoms with Crippen molar-refractivity contribution in [2.75, 3.05) is 6.54 Å². The molecule has 4 aromatic rings. The van der Waals surface area contributed by atoms with Crippen molar-refractivity contribution in [2.45, 2.75) is 22.7 Å². The van der Waals surface area contributed by atoms with Crippen molar-refractivity contribution < 1.29 is 9.53 Å². The number of carbonyl (C=O) groups is 1. The van der Waals surface area contributed by atoms with Gasteiger partial charge in [-0.1, -0.05) is 0 Å². The fourth-order valence-electron chi connectivity index (χ4n) is 6.49. The third-order valence-corrected chi connectivity index (χ3v) is 22.5. The van der Waals surface area contributed by atoms with Crippen LogP contribution >= 0.6 is 0 Å². The fourth-order valence-corrected chi connectivity index (χ4v) is 21.2. The summed E-state index contributed by atoms with van der Waals surface area (Å²) in [6, 6.07) is 43.9. The molecule has 2 fully saturated rings. The molecule has 2 saturated heterocycles. The van der Waals surface area contributed by atoms with E-state index in [4.69, 9.17) is 4.74 Å². The zero-order valence-corrected chi connectivity index (χ0v) is 23.7. The number of β-lactam (4-membered cyclic amide) rings is 1. The molecule has 3 nitrogen and oxygen atoms in total. The molecule has 6 rings (SSSR count).